The maximum atomic E-state index is 12.3. The van der Waals surface area contributed by atoms with Gasteiger partial charge in [0, 0.05) is 11.8 Å². The quantitative estimate of drug-likeness (QED) is 0.437. The normalized spacial score (nSPS) is 11.7. The van der Waals surface area contributed by atoms with Crippen molar-refractivity contribution in [3.8, 4) is 0 Å². The van der Waals surface area contributed by atoms with Crippen LogP contribution in [0.3, 0.4) is 0 Å². The number of amides is 1. The zero-order valence-electron chi connectivity index (χ0n) is 14.9. The Morgan fingerprint density at radius 1 is 1.31 bits per heavy atom. The lowest BCUT2D eigenvalue weighted by Crippen LogP contribution is -2.23. The fourth-order valence-electron chi connectivity index (χ4n) is 2.14. The van der Waals surface area contributed by atoms with Crippen molar-refractivity contribution in [3.63, 3.8) is 0 Å². The maximum Gasteiger partial charge on any atom is 0.311 e. The van der Waals surface area contributed by atoms with Crippen molar-refractivity contribution < 1.29 is 14.3 Å². The Hall–Kier alpha value is -2.61. The highest BCUT2D eigenvalue weighted by atomic mass is 32.2. The highest BCUT2D eigenvalue weighted by molar-refractivity contribution is 8.00. The standard InChI is InChI=1S/C18H21N3O4S/c1-4-12-5-7-13(8-6-12)19-17(24)11(2)26-18-20-14(9-15(22)21-18)10-16(23)25-3/h5-9,11H,4,10H2,1-3H3,(H,19,24)(H,20,21,22)/t11-/m0/s1. The Morgan fingerprint density at radius 2 is 2.00 bits per heavy atom. The summed E-state index contributed by atoms with van der Waals surface area (Å²) in [4.78, 5) is 42.2. The van der Waals surface area contributed by atoms with E-state index < -0.39 is 11.2 Å². The van der Waals surface area contributed by atoms with Gasteiger partial charge < -0.3 is 15.0 Å². The van der Waals surface area contributed by atoms with Crippen LogP contribution in [0, 0.1) is 0 Å². The summed E-state index contributed by atoms with van der Waals surface area (Å²) in [6, 6.07) is 8.86. The molecule has 0 aliphatic heterocycles. The van der Waals surface area contributed by atoms with E-state index in [1.54, 1.807) is 6.92 Å². The molecule has 0 fully saturated rings. The minimum absolute atomic E-state index is 0.0989. The Kier molecular flexibility index (Phi) is 6.97. The summed E-state index contributed by atoms with van der Waals surface area (Å²) in [5.41, 5.74) is 1.81. The van der Waals surface area contributed by atoms with Crippen molar-refractivity contribution in [1.82, 2.24) is 9.97 Å². The summed E-state index contributed by atoms with van der Waals surface area (Å²) in [5, 5.41) is 2.62. The number of hydrogen-bond acceptors (Lipinski definition) is 6. The van der Waals surface area contributed by atoms with E-state index in [1.807, 2.05) is 24.3 Å². The average molecular weight is 375 g/mol. The van der Waals surface area contributed by atoms with Crippen LogP contribution in [-0.4, -0.2) is 34.2 Å². The summed E-state index contributed by atoms with van der Waals surface area (Å²) >= 11 is 1.11. The Bertz CT molecular complexity index is 833. The second-order valence-electron chi connectivity index (χ2n) is 5.59. The van der Waals surface area contributed by atoms with Crippen LogP contribution < -0.4 is 10.9 Å². The lowest BCUT2D eigenvalue weighted by molar-refractivity contribution is -0.139. The van der Waals surface area contributed by atoms with E-state index in [1.165, 1.54) is 18.7 Å². The van der Waals surface area contributed by atoms with Crippen LogP contribution in [0.5, 0.6) is 0 Å². The van der Waals surface area contributed by atoms with Crippen LogP contribution in [0.2, 0.25) is 0 Å². The first kappa shape index (κ1) is 19.7. The van der Waals surface area contributed by atoms with Crippen molar-refractivity contribution >= 4 is 29.3 Å². The number of H-pyrrole nitrogens is 1. The van der Waals surface area contributed by atoms with Gasteiger partial charge in [-0.15, -0.1) is 0 Å². The summed E-state index contributed by atoms with van der Waals surface area (Å²) in [6.07, 6.45) is 0.833. The zero-order chi connectivity index (χ0) is 19.1. The molecule has 2 aromatic rings. The third-order valence-electron chi connectivity index (χ3n) is 3.61. The number of aromatic nitrogens is 2. The predicted octanol–water partition coefficient (Wildman–Crippen LogP) is 2.17. The number of carbonyl (C=O) groups is 2. The molecule has 0 radical (unpaired) electrons. The van der Waals surface area contributed by atoms with Crippen molar-refractivity contribution in [2.24, 2.45) is 0 Å². The van der Waals surface area contributed by atoms with Crippen molar-refractivity contribution in [1.29, 1.82) is 0 Å². The number of rotatable bonds is 7. The summed E-state index contributed by atoms with van der Waals surface area (Å²) in [7, 11) is 1.27. The van der Waals surface area contributed by atoms with Gasteiger partial charge in [-0.25, -0.2) is 4.98 Å². The van der Waals surface area contributed by atoms with E-state index in [9.17, 15) is 14.4 Å². The highest BCUT2D eigenvalue weighted by Gasteiger charge is 2.17. The number of carbonyl (C=O) groups excluding carboxylic acids is 2. The number of anilines is 1. The Morgan fingerprint density at radius 3 is 2.62 bits per heavy atom. The molecule has 138 valence electrons. The lowest BCUT2D eigenvalue weighted by Gasteiger charge is -2.12. The molecule has 1 aromatic carbocycles. The van der Waals surface area contributed by atoms with Crippen molar-refractivity contribution in [2.75, 3.05) is 12.4 Å². The second-order valence-corrected chi connectivity index (χ2v) is 6.92. The van der Waals surface area contributed by atoms with Crippen LogP contribution >= 0.6 is 11.8 Å². The fraction of sp³-hybridized carbons (Fsp3) is 0.333. The van der Waals surface area contributed by atoms with Crippen molar-refractivity contribution in [2.45, 2.75) is 37.1 Å². The third-order valence-corrected chi connectivity index (χ3v) is 4.60. The van der Waals surface area contributed by atoms with E-state index in [2.05, 4.69) is 26.9 Å². The van der Waals surface area contributed by atoms with Gasteiger partial charge in [-0.1, -0.05) is 30.8 Å². The number of aryl methyl sites for hydroxylation is 1. The Balaban J connectivity index is 2.03. The van der Waals surface area contributed by atoms with Gasteiger partial charge in [0.2, 0.25) is 5.91 Å². The maximum absolute atomic E-state index is 12.3. The van der Waals surface area contributed by atoms with Gasteiger partial charge in [0.1, 0.15) is 0 Å². The molecule has 0 unspecified atom stereocenters. The molecule has 0 spiro atoms. The molecule has 1 heterocycles. The SMILES string of the molecule is CCc1ccc(NC(=O)[C@H](C)Sc2nc(CC(=O)OC)cc(=O)[nH]2)cc1. The molecule has 2 N–H and O–H groups in total. The number of nitrogens with zero attached hydrogens (tertiary/aromatic N) is 1. The van der Waals surface area contributed by atoms with Gasteiger partial charge in [-0.3, -0.25) is 14.4 Å². The molecule has 0 aliphatic rings. The molecule has 0 saturated heterocycles. The van der Waals surface area contributed by atoms with E-state index in [4.69, 9.17) is 0 Å². The molecular formula is C18H21N3O4S. The molecular weight excluding hydrogens is 354 g/mol. The van der Waals surface area contributed by atoms with Gasteiger partial charge in [0.25, 0.3) is 5.56 Å². The van der Waals surface area contributed by atoms with Crippen LogP contribution in [0.1, 0.15) is 25.1 Å². The molecule has 26 heavy (non-hydrogen) atoms. The monoisotopic (exact) mass is 375 g/mol. The smallest absolute Gasteiger partial charge is 0.311 e. The van der Waals surface area contributed by atoms with Crippen LogP contribution in [0.15, 0.2) is 40.3 Å². The van der Waals surface area contributed by atoms with Crippen molar-refractivity contribution in [3.05, 3.63) is 51.9 Å². The minimum Gasteiger partial charge on any atom is -0.469 e. The first-order valence-corrected chi connectivity index (χ1v) is 9.02. The molecule has 8 heteroatoms. The molecule has 1 amide bonds. The number of nitrogens with one attached hydrogen (secondary N) is 2. The van der Waals surface area contributed by atoms with E-state index in [-0.39, 0.29) is 23.0 Å². The number of aromatic amines is 1. The first-order valence-electron chi connectivity index (χ1n) is 8.14. The molecule has 1 atom stereocenters. The zero-order valence-corrected chi connectivity index (χ0v) is 15.7. The van der Waals surface area contributed by atoms with Gasteiger partial charge in [-0.2, -0.15) is 0 Å². The molecule has 0 bridgehead atoms. The number of esters is 1. The Labute approximate surface area is 155 Å². The summed E-state index contributed by atoms with van der Waals surface area (Å²) < 4.78 is 4.57. The molecule has 1 aromatic heterocycles. The van der Waals surface area contributed by atoms with Gasteiger partial charge >= 0.3 is 5.97 Å². The lowest BCUT2D eigenvalue weighted by atomic mass is 10.1. The summed E-state index contributed by atoms with van der Waals surface area (Å²) in [5.74, 6) is -0.694. The molecule has 0 saturated carbocycles. The van der Waals surface area contributed by atoms with Gasteiger partial charge in [0.05, 0.1) is 24.5 Å². The fourth-order valence-corrected chi connectivity index (χ4v) is 2.97. The van der Waals surface area contributed by atoms with E-state index in [0.717, 1.165) is 18.2 Å². The highest BCUT2D eigenvalue weighted by Crippen LogP contribution is 2.20. The van der Waals surface area contributed by atoms with E-state index in [0.29, 0.717) is 11.4 Å². The molecule has 2 rings (SSSR count). The minimum atomic E-state index is -0.489. The number of thioether (sulfide) groups is 1. The molecule has 7 nitrogen and oxygen atoms in total. The van der Waals surface area contributed by atoms with Gasteiger partial charge in [0.15, 0.2) is 5.16 Å². The number of ether oxygens (including phenoxy) is 1. The number of hydrogen-bond donors (Lipinski definition) is 2. The average Bonchev–Trinajstić information content (AvgIpc) is 2.61. The van der Waals surface area contributed by atoms with Crippen LogP contribution in [-0.2, 0) is 27.2 Å². The van der Waals surface area contributed by atoms with Crippen LogP contribution in [0.4, 0.5) is 5.69 Å². The topological polar surface area (TPSA) is 101 Å². The number of methoxy groups -OCH3 is 1. The van der Waals surface area contributed by atoms with E-state index >= 15 is 0 Å². The van der Waals surface area contributed by atoms with Gasteiger partial charge in [-0.05, 0) is 31.0 Å². The summed E-state index contributed by atoms with van der Waals surface area (Å²) in [6.45, 7) is 3.78. The largest absolute Gasteiger partial charge is 0.469 e. The van der Waals surface area contributed by atoms with Crippen LogP contribution in [0.25, 0.3) is 0 Å². The molecule has 0 aliphatic carbocycles. The predicted molar refractivity (Wildman–Crippen MR) is 100 cm³/mol. The first-order chi connectivity index (χ1) is 12.4. The third kappa shape index (κ3) is 5.73. The number of benzene rings is 1. The second kappa shape index (κ2) is 9.19.